The number of aliphatic carboxylic acids is 1. The lowest BCUT2D eigenvalue weighted by Gasteiger charge is -2.19. The topological polar surface area (TPSA) is 55.8 Å². The number of ether oxygens (including phenoxy) is 2. The fourth-order valence-electron chi connectivity index (χ4n) is 1.89. The van der Waals surface area contributed by atoms with Crippen molar-refractivity contribution in [3.63, 3.8) is 0 Å². The molecule has 0 amide bonds. The largest absolute Gasteiger partial charge is 0.486 e. The number of hydrogen-bond acceptors (Lipinski definition) is 3. The van der Waals surface area contributed by atoms with Crippen molar-refractivity contribution in [1.29, 1.82) is 0 Å². The second kappa shape index (κ2) is 5.96. The predicted octanol–water partition coefficient (Wildman–Crippen LogP) is 2.91. The summed E-state index contributed by atoms with van der Waals surface area (Å²) < 4.78 is 10.9. The summed E-state index contributed by atoms with van der Waals surface area (Å²) >= 11 is 6.15. The Kier molecular flexibility index (Phi) is 4.31. The number of rotatable bonds is 5. The summed E-state index contributed by atoms with van der Waals surface area (Å²) in [6, 6.07) is 3.65. The first kappa shape index (κ1) is 13.0. The van der Waals surface area contributed by atoms with Crippen LogP contribution in [0.25, 0.3) is 0 Å². The third-order valence-corrected chi connectivity index (χ3v) is 3.15. The minimum absolute atomic E-state index is 0.197. The van der Waals surface area contributed by atoms with Crippen molar-refractivity contribution in [1.82, 2.24) is 0 Å². The fraction of sp³-hybridized carbons (Fsp3) is 0.462. The minimum atomic E-state index is -0.761. The third kappa shape index (κ3) is 3.29. The van der Waals surface area contributed by atoms with E-state index in [2.05, 4.69) is 0 Å². The van der Waals surface area contributed by atoms with Crippen molar-refractivity contribution in [3.8, 4) is 11.5 Å². The summed E-state index contributed by atoms with van der Waals surface area (Å²) in [6.07, 6.45) is 2.40. The van der Waals surface area contributed by atoms with Gasteiger partial charge in [-0.3, -0.25) is 4.79 Å². The van der Waals surface area contributed by atoms with Crippen molar-refractivity contribution in [2.75, 3.05) is 13.2 Å². The highest BCUT2D eigenvalue weighted by Crippen LogP contribution is 2.35. The van der Waals surface area contributed by atoms with Gasteiger partial charge in [0.1, 0.15) is 13.2 Å². The molecule has 0 aromatic heterocycles. The average Bonchev–Trinajstić information content (AvgIpc) is 2.34. The molecule has 0 saturated heterocycles. The zero-order chi connectivity index (χ0) is 13.0. The molecular formula is C13H15ClO4. The van der Waals surface area contributed by atoms with Gasteiger partial charge in [-0.25, -0.2) is 0 Å². The van der Waals surface area contributed by atoms with Crippen LogP contribution in [0.4, 0.5) is 0 Å². The second-order valence-corrected chi connectivity index (χ2v) is 4.60. The molecule has 0 atom stereocenters. The smallest absolute Gasteiger partial charge is 0.303 e. The first-order valence-corrected chi connectivity index (χ1v) is 6.34. The number of hydrogen-bond donors (Lipinski definition) is 1. The first-order chi connectivity index (χ1) is 8.66. The molecule has 1 aliphatic heterocycles. The molecular weight excluding hydrogens is 256 g/mol. The van der Waals surface area contributed by atoms with Crippen molar-refractivity contribution >= 4 is 17.6 Å². The van der Waals surface area contributed by atoms with Gasteiger partial charge in [0, 0.05) is 17.5 Å². The minimum Gasteiger partial charge on any atom is -0.486 e. The van der Waals surface area contributed by atoms with Gasteiger partial charge in [-0.1, -0.05) is 11.6 Å². The van der Waals surface area contributed by atoms with E-state index in [1.165, 1.54) is 0 Å². The van der Waals surface area contributed by atoms with E-state index in [4.69, 9.17) is 26.2 Å². The Morgan fingerprint density at radius 3 is 2.56 bits per heavy atom. The van der Waals surface area contributed by atoms with Crippen LogP contribution in [0.15, 0.2) is 12.1 Å². The molecule has 18 heavy (non-hydrogen) atoms. The standard InChI is InChI=1S/C13H15ClO4/c14-10-8-12-11(17-5-6-18-12)7-9(10)3-1-2-4-13(15)16/h7-8H,1-6H2,(H,15,16). The summed E-state index contributed by atoms with van der Waals surface area (Å²) in [5.41, 5.74) is 0.978. The maximum Gasteiger partial charge on any atom is 0.303 e. The quantitative estimate of drug-likeness (QED) is 0.836. The van der Waals surface area contributed by atoms with Crippen LogP contribution >= 0.6 is 11.6 Å². The summed E-state index contributed by atoms with van der Waals surface area (Å²) in [6.45, 7) is 1.09. The number of benzene rings is 1. The molecule has 1 aromatic rings. The number of carboxylic acid groups (broad SMARTS) is 1. The number of unbranched alkanes of at least 4 members (excludes halogenated alkanes) is 1. The van der Waals surface area contributed by atoms with Gasteiger partial charge in [-0.2, -0.15) is 0 Å². The highest BCUT2D eigenvalue weighted by molar-refractivity contribution is 6.31. The summed E-state index contributed by atoms with van der Waals surface area (Å²) in [7, 11) is 0. The molecule has 0 unspecified atom stereocenters. The number of carbonyl (C=O) groups is 1. The lowest BCUT2D eigenvalue weighted by molar-refractivity contribution is -0.137. The number of fused-ring (bicyclic) bond motifs is 1. The number of aryl methyl sites for hydroxylation is 1. The van der Waals surface area contributed by atoms with Crippen LogP contribution in [-0.4, -0.2) is 24.3 Å². The highest BCUT2D eigenvalue weighted by atomic mass is 35.5. The molecule has 0 bridgehead atoms. The highest BCUT2D eigenvalue weighted by Gasteiger charge is 2.14. The van der Waals surface area contributed by atoms with E-state index < -0.39 is 5.97 Å². The Morgan fingerprint density at radius 1 is 1.22 bits per heavy atom. The lowest BCUT2D eigenvalue weighted by atomic mass is 10.1. The van der Waals surface area contributed by atoms with Crippen LogP contribution in [-0.2, 0) is 11.2 Å². The maximum absolute atomic E-state index is 10.4. The first-order valence-electron chi connectivity index (χ1n) is 5.96. The SMILES string of the molecule is O=C(O)CCCCc1cc2c(cc1Cl)OCCO2. The van der Waals surface area contributed by atoms with Crippen LogP contribution in [0.1, 0.15) is 24.8 Å². The fourth-order valence-corrected chi connectivity index (χ4v) is 2.14. The predicted molar refractivity (Wildman–Crippen MR) is 67.6 cm³/mol. The monoisotopic (exact) mass is 270 g/mol. The van der Waals surface area contributed by atoms with E-state index in [9.17, 15) is 4.79 Å². The second-order valence-electron chi connectivity index (χ2n) is 4.19. The van der Waals surface area contributed by atoms with Crippen LogP contribution in [0.3, 0.4) is 0 Å². The number of carboxylic acids is 1. The molecule has 2 rings (SSSR count). The van der Waals surface area contributed by atoms with E-state index in [0.717, 1.165) is 24.2 Å². The molecule has 5 heteroatoms. The van der Waals surface area contributed by atoms with E-state index in [1.54, 1.807) is 6.07 Å². The van der Waals surface area contributed by atoms with Crippen molar-refractivity contribution in [2.45, 2.75) is 25.7 Å². The van der Waals surface area contributed by atoms with Gasteiger partial charge >= 0.3 is 5.97 Å². The average molecular weight is 271 g/mol. The Bertz CT molecular complexity index is 445. The number of halogens is 1. The van der Waals surface area contributed by atoms with E-state index in [-0.39, 0.29) is 6.42 Å². The Balaban J connectivity index is 1.97. The van der Waals surface area contributed by atoms with Crippen LogP contribution < -0.4 is 9.47 Å². The van der Waals surface area contributed by atoms with Gasteiger partial charge in [-0.15, -0.1) is 0 Å². The third-order valence-electron chi connectivity index (χ3n) is 2.80. The van der Waals surface area contributed by atoms with Gasteiger partial charge in [-0.05, 0) is 30.9 Å². The van der Waals surface area contributed by atoms with Gasteiger partial charge in [0.05, 0.1) is 0 Å². The zero-order valence-corrected chi connectivity index (χ0v) is 10.7. The molecule has 1 aromatic carbocycles. The molecule has 1 aliphatic rings. The van der Waals surface area contributed by atoms with Crippen LogP contribution in [0.2, 0.25) is 5.02 Å². The zero-order valence-electron chi connectivity index (χ0n) is 9.95. The Morgan fingerprint density at radius 2 is 1.89 bits per heavy atom. The Hall–Kier alpha value is -1.42. The lowest BCUT2D eigenvalue weighted by Crippen LogP contribution is -2.15. The normalized spacial score (nSPS) is 13.4. The Labute approximate surface area is 110 Å². The molecule has 1 heterocycles. The van der Waals surface area contributed by atoms with Crippen LogP contribution in [0.5, 0.6) is 11.5 Å². The molecule has 0 aliphatic carbocycles. The molecule has 0 radical (unpaired) electrons. The maximum atomic E-state index is 10.4. The van der Waals surface area contributed by atoms with Gasteiger partial charge in [0.2, 0.25) is 0 Å². The van der Waals surface area contributed by atoms with E-state index in [0.29, 0.717) is 30.4 Å². The van der Waals surface area contributed by atoms with Crippen LogP contribution in [0, 0.1) is 0 Å². The van der Waals surface area contributed by atoms with Gasteiger partial charge in [0.15, 0.2) is 11.5 Å². The van der Waals surface area contributed by atoms with Crippen molar-refractivity contribution in [3.05, 3.63) is 22.7 Å². The van der Waals surface area contributed by atoms with Gasteiger partial charge < -0.3 is 14.6 Å². The van der Waals surface area contributed by atoms with Gasteiger partial charge in [0.25, 0.3) is 0 Å². The molecule has 0 fully saturated rings. The molecule has 1 N–H and O–H groups in total. The summed E-state index contributed by atoms with van der Waals surface area (Å²) in [5, 5.41) is 9.21. The summed E-state index contributed by atoms with van der Waals surface area (Å²) in [4.78, 5) is 10.4. The van der Waals surface area contributed by atoms with Crippen molar-refractivity contribution in [2.24, 2.45) is 0 Å². The van der Waals surface area contributed by atoms with E-state index >= 15 is 0 Å². The molecule has 98 valence electrons. The van der Waals surface area contributed by atoms with Crippen molar-refractivity contribution < 1.29 is 19.4 Å². The molecule has 0 saturated carbocycles. The summed E-state index contributed by atoms with van der Waals surface area (Å²) in [5.74, 6) is 0.641. The molecule has 4 nitrogen and oxygen atoms in total. The van der Waals surface area contributed by atoms with E-state index in [1.807, 2.05) is 6.07 Å². The molecule has 0 spiro atoms.